The zero-order valence-corrected chi connectivity index (χ0v) is 12.1. The molecule has 0 saturated heterocycles. The number of halogens is 1. The van der Waals surface area contributed by atoms with Crippen LogP contribution >= 0.6 is 15.9 Å². The molecule has 1 aromatic carbocycles. The van der Waals surface area contributed by atoms with Gasteiger partial charge in [-0.2, -0.15) is 0 Å². The van der Waals surface area contributed by atoms with E-state index in [0.29, 0.717) is 11.3 Å². The molecule has 2 N–H and O–H groups in total. The van der Waals surface area contributed by atoms with Crippen molar-refractivity contribution in [3.05, 3.63) is 28.2 Å². The number of nitrogen functional groups attached to an aromatic ring is 1. The maximum atomic E-state index is 12.0. The first-order chi connectivity index (χ1) is 8.54. The lowest BCUT2D eigenvalue weighted by Gasteiger charge is -2.26. The number of hydrogen-bond acceptors (Lipinski definition) is 3. The molecule has 0 amide bonds. The summed E-state index contributed by atoms with van der Waals surface area (Å²) in [4.78, 5) is 12.0. The Labute approximate surface area is 116 Å². The van der Waals surface area contributed by atoms with E-state index in [2.05, 4.69) is 22.9 Å². The second-order valence-corrected chi connectivity index (χ2v) is 5.98. The van der Waals surface area contributed by atoms with E-state index < -0.39 is 0 Å². The molecule has 1 aliphatic carbocycles. The lowest BCUT2D eigenvalue weighted by molar-refractivity contribution is 0.0174. The van der Waals surface area contributed by atoms with Crippen molar-refractivity contribution in [2.45, 2.75) is 38.7 Å². The van der Waals surface area contributed by atoms with E-state index in [1.165, 1.54) is 0 Å². The molecule has 0 spiro atoms. The second kappa shape index (κ2) is 5.74. The Morgan fingerprint density at radius 3 is 2.56 bits per heavy atom. The molecule has 18 heavy (non-hydrogen) atoms. The van der Waals surface area contributed by atoms with E-state index in [4.69, 9.17) is 10.5 Å². The van der Waals surface area contributed by atoms with Gasteiger partial charge in [0.25, 0.3) is 0 Å². The number of hydrogen-bond donors (Lipinski definition) is 1. The Balaban J connectivity index is 1.99. The Morgan fingerprint density at radius 2 is 1.94 bits per heavy atom. The Bertz CT molecular complexity index is 419. The maximum absolute atomic E-state index is 12.0. The highest BCUT2D eigenvalue weighted by Gasteiger charge is 2.22. The summed E-state index contributed by atoms with van der Waals surface area (Å²) in [5.74, 6) is 0.476. The average molecular weight is 312 g/mol. The molecule has 1 aliphatic rings. The van der Waals surface area contributed by atoms with Gasteiger partial charge in [0.1, 0.15) is 6.10 Å². The van der Waals surface area contributed by atoms with Crippen molar-refractivity contribution >= 4 is 27.6 Å². The second-order valence-electron chi connectivity index (χ2n) is 5.06. The van der Waals surface area contributed by atoms with Crippen molar-refractivity contribution in [2.75, 3.05) is 5.73 Å². The summed E-state index contributed by atoms with van der Waals surface area (Å²) < 4.78 is 6.32. The van der Waals surface area contributed by atoms with E-state index in [1.54, 1.807) is 18.2 Å². The molecule has 0 radical (unpaired) electrons. The molecule has 3 nitrogen and oxygen atoms in total. The van der Waals surface area contributed by atoms with Crippen LogP contribution in [0.25, 0.3) is 0 Å². The minimum Gasteiger partial charge on any atom is -0.459 e. The van der Waals surface area contributed by atoms with Crippen LogP contribution in [0.2, 0.25) is 0 Å². The summed E-state index contributed by atoms with van der Waals surface area (Å²) in [7, 11) is 0. The van der Waals surface area contributed by atoms with Crippen LogP contribution in [0.3, 0.4) is 0 Å². The minimum atomic E-state index is -0.275. The smallest absolute Gasteiger partial charge is 0.338 e. The summed E-state index contributed by atoms with van der Waals surface area (Å²) >= 11 is 3.33. The van der Waals surface area contributed by atoms with Gasteiger partial charge in [0.15, 0.2) is 0 Å². The van der Waals surface area contributed by atoms with E-state index in [0.717, 1.165) is 36.1 Å². The lowest BCUT2D eigenvalue weighted by Crippen LogP contribution is -2.23. The van der Waals surface area contributed by atoms with Gasteiger partial charge < -0.3 is 10.5 Å². The normalized spacial score (nSPS) is 23.7. The summed E-state index contributed by atoms with van der Waals surface area (Å²) in [6.45, 7) is 2.24. The number of carbonyl (C=O) groups excluding carboxylic acids is 1. The highest BCUT2D eigenvalue weighted by Crippen LogP contribution is 2.26. The van der Waals surface area contributed by atoms with Crippen LogP contribution in [0.1, 0.15) is 43.0 Å². The van der Waals surface area contributed by atoms with Gasteiger partial charge in [0.2, 0.25) is 0 Å². The van der Waals surface area contributed by atoms with Crippen LogP contribution in [0, 0.1) is 5.92 Å². The number of nitrogens with two attached hydrogens (primary N) is 1. The SMILES string of the molecule is CC1CCC(OC(=O)c2cc(N)cc(Br)c2)CC1. The topological polar surface area (TPSA) is 52.3 Å². The van der Waals surface area contributed by atoms with Gasteiger partial charge in [-0.25, -0.2) is 4.79 Å². The quantitative estimate of drug-likeness (QED) is 0.668. The molecule has 4 heteroatoms. The maximum Gasteiger partial charge on any atom is 0.338 e. The molecule has 0 aliphatic heterocycles. The van der Waals surface area contributed by atoms with Crippen molar-refractivity contribution in [3.8, 4) is 0 Å². The van der Waals surface area contributed by atoms with Crippen LogP contribution in [-0.2, 0) is 4.74 Å². The van der Waals surface area contributed by atoms with Gasteiger partial charge in [-0.3, -0.25) is 0 Å². The van der Waals surface area contributed by atoms with E-state index in [1.807, 2.05) is 0 Å². The van der Waals surface area contributed by atoms with Gasteiger partial charge >= 0.3 is 5.97 Å². The molecule has 0 bridgehead atoms. The van der Waals surface area contributed by atoms with E-state index >= 15 is 0 Å². The first-order valence-electron chi connectivity index (χ1n) is 6.31. The lowest BCUT2D eigenvalue weighted by atomic mass is 9.89. The highest BCUT2D eigenvalue weighted by molar-refractivity contribution is 9.10. The number of rotatable bonds is 2. The molecule has 0 atom stereocenters. The molecular formula is C14H18BrNO2. The van der Waals surface area contributed by atoms with Gasteiger partial charge in [-0.1, -0.05) is 22.9 Å². The van der Waals surface area contributed by atoms with Crippen LogP contribution in [0.4, 0.5) is 5.69 Å². The summed E-state index contributed by atoms with van der Waals surface area (Å²) in [5.41, 5.74) is 6.79. The number of anilines is 1. The van der Waals surface area contributed by atoms with Crippen LogP contribution in [0.15, 0.2) is 22.7 Å². The number of ether oxygens (including phenoxy) is 1. The van der Waals surface area contributed by atoms with Crippen LogP contribution in [-0.4, -0.2) is 12.1 Å². The fourth-order valence-electron chi connectivity index (χ4n) is 2.30. The largest absolute Gasteiger partial charge is 0.459 e. The van der Waals surface area contributed by atoms with Crippen LogP contribution in [0.5, 0.6) is 0 Å². The first kappa shape index (κ1) is 13.4. The molecule has 1 fully saturated rings. The number of esters is 1. The summed E-state index contributed by atoms with van der Waals surface area (Å²) in [5, 5.41) is 0. The average Bonchev–Trinajstić information content (AvgIpc) is 2.31. The first-order valence-corrected chi connectivity index (χ1v) is 7.11. The molecule has 98 valence electrons. The third kappa shape index (κ3) is 3.48. The monoisotopic (exact) mass is 311 g/mol. The van der Waals surface area contributed by atoms with Crippen molar-refractivity contribution in [1.82, 2.24) is 0 Å². The van der Waals surface area contributed by atoms with Crippen LogP contribution < -0.4 is 5.73 Å². The number of carbonyl (C=O) groups is 1. The van der Waals surface area contributed by atoms with Gasteiger partial charge in [-0.05, 0) is 49.8 Å². The molecule has 0 unspecified atom stereocenters. The van der Waals surface area contributed by atoms with Crippen molar-refractivity contribution in [1.29, 1.82) is 0 Å². The Morgan fingerprint density at radius 1 is 1.28 bits per heavy atom. The Kier molecular flexibility index (Phi) is 4.27. The molecule has 0 aromatic heterocycles. The summed E-state index contributed by atoms with van der Waals surface area (Å²) in [6.07, 6.45) is 4.28. The molecule has 2 rings (SSSR count). The number of benzene rings is 1. The van der Waals surface area contributed by atoms with Gasteiger partial charge in [-0.15, -0.1) is 0 Å². The van der Waals surface area contributed by atoms with Crippen molar-refractivity contribution in [3.63, 3.8) is 0 Å². The van der Waals surface area contributed by atoms with E-state index in [9.17, 15) is 4.79 Å². The fourth-order valence-corrected chi connectivity index (χ4v) is 2.81. The molecule has 1 saturated carbocycles. The predicted molar refractivity (Wildman–Crippen MR) is 75.4 cm³/mol. The third-order valence-corrected chi connectivity index (χ3v) is 3.85. The highest BCUT2D eigenvalue weighted by atomic mass is 79.9. The van der Waals surface area contributed by atoms with Crippen molar-refractivity contribution in [2.24, 2.45) is 5.92 Å². The molecule has 1 aromatic rings. The third-order valence-electron chi connectivity index (χ3n) is 3.39. The minimum absolute atomic E-state index is 0.0638. The van der Waals surface area contributed by atoms with Gasteiger partial charge in [0.05, 0.1) is 5.56 Å². The summed E-state index contributed by atoms with van der Waals surface area (Å²) in [6, 6.07) is 5.15. The molecular weight excluding hydrogens is 294 g/mol. The Hall–Kier alpha value is -1.03. The zero-order chi connectivity index (χ0) is 13.1. The van der Waals surface area contributed by atoms with Gasteiger partial charge in [0, 0.05) is 10.2 Å². The van der Waals surface area contributed by atoms with Crippen molar-refractivity contribution < 1.29 is 9.53 Å². The zero-order valence-electron chi connectivity index (χ0n) is 10.5. The fraction of sp³-hybridized carbons (Fsp3) is 0.500. The van der Waals surface area contributed by atoms with E-state index in [-0.39, 0.29) is 12.1 Å². The standard InChI is InChI=1S/C14H18BrNO2/c1-9-2-4-13(5-3-9)18-14(17)10-6-11(15)8-12(16)7-10/h6-9,13H,2-5,16H2,1H3. The molecule has 0 heterocycles. The predicted octanol–water partition coefficient (Wildman–Crippen LogP) is 3.77.